The second-order valence-corrected chi connectivity index (χ2v) is 6.99. The number of methoxy groups -OCH3 is 1. The first-order chi connectivity index (χ1) is 9.96. The van der Waals surface area contributed by atoms with Crippen LogP contribution in [0.4, 0.5) is 0 Å². The summed E-state index contributed by atoms with van der Waals surface area (Å²) in [5.41, 5.74) is 7.69. The Morgan fingerprint density at radius 1 is 1.38 bits per heavy atom. The monoisotopic (exact) mass is 324 g/mol. The quantitative estimate of drug-likeness (QED) is 0.878. The predicted octanol–water partition coefficient (Wildman–Crippen LogP) is 3.83. The second-order valence-electron chi connectivity index (χ2n) is 5.70. The van der Waals surface area contributed by atoms with Gasteiger partial charge in [0.1, 0.15) is 5.75 Å². The number of halogens is 1. The number of nitrogens with two attached hydrogens (primary N) is 1. The maximum atomic E-state index is 6.11. The van der Waals surface area contributed by atoms with Gasteiger partial charge in [0.15, 0.2) is 0 Å². The van der Waals surface area contributed by atoms with Gasteiger partial charge in [0, 0.05) is 22.2 Å². The van der Waals surface area contributed by atoms with Crippen LogP contribution in [-0.4, -0.2) is 18.6 Å². The molecule has 0 radical (unpaired) electrons. The molecule has 2 N–H and O–H groups in total. The third-order valence-corrected chi connectivity index (χ3v) is 4.90. The normalized spacial score (nSPS) is 11.7. The summed E-state index contributed by atoms with van der Waals surface area (Å²) >= 11 is 7.80. The van der Waals surface area contributed by atoms with Crippen molar-refractivity contribution in [3.8, 4) is 5.75 Å². The first kappa shape index (κ1) is 16.3. The molecule has 0 saturated heterocycles. The average molecular weight is 325 g/mol. The van der Waals surface area contributed by atoms with Gasteiger partial charge in [-0.05, 0) is 36.7 Å². The summed E-state index contributed by atoms with van der Waals surface area (Å²) in [6.07, 6.45) is 1.65. The van der Waals surface area contributed by atoms with E-state index in [9.17, 15) is 0 Å². The van der Waals surface area contributed by atoms with Crippen LogP contribution in [-0.2, 0) is 18.3 Å². The van der Waals surface area contributed by atoms with Crippen molar-refractivity contribution >= 4 is 22.9 Å². The van der Waals surface area contributed by atoms with Crippen LogP contribution < -0.4 is 10.5 Å². The van der Waals surface area contributed by atoms with Gasteiger partial charge in [-0.2, -0.15) is 0 Å². The summed E-state index contributed by atoms with van der Waals surface area (Å²) in [4.78, 5) is 4.71. The van der Waals surface area contributed by atoms with Crippen molar-refractivity contribution in [2.24, 2.45) is 5.73 Å². The van der Waals surface area contributed by atoms with Gasteiger partial charge in [0.05, 0.1) is 17.8 Å². The second kappa shape index (κ2) is 6.77. The van der Waals surface area contributed by atoms with Crippen molar-refractivity contribution in [1.29, 1.82) is 0 Å². The highest BCUT2D eigenvalue weighted by Gasteiger charge is 2.26. The zero-order valence-corrected chi connectivity index (χ0v) is 14.2. The number of hydrogen-bond acceptors (Lipinski definition) is 4. The summed E-state index contributed by atoms with van der Waals surface area (Å²) < 4.78 is 5.43. The Balaban J connectivity index is 2.25. The molecule has 1 heterocycles. The largest absolute Gasteiger partial charge is 0.496 e. The Labute approximate surface area is 135 Å². The molecule has 5 heteroatoms. The standard InChI is InChI=1S/C16H21ClN2OS/c1-16(2,15-19-13(6-7-18)10-21-15)9-11-8-12(17)4-5-14(11)20-3/h4-5,8,10H,6-7,9,18H2,1-3H3. The Morgan fingerprint density at radius 3 is 2.81 bits per heavy atom. The van der Waals surface area contributed by atoms with Crippen LogP contribution in [0.25, 0.3) is 0 Å². The van der Waals surface area contributed by atoms with Crippen LogP contribution in [0.2, 0.25) is 5.02 Å². The summed E-state index contributed by atoms with van der Waals surface area (Å²) in [5, 5.41) is 3.94. The molecule has 0 aliphatic carbocycles. The maximum absolute atomic E-state index is 6.11. The highest BCUT2D eigenvalue weighted by atomic mass is 35.5. The summed E-state index contributed by atoms with van der Waals surface area (Å²) in [6.45, 7) is 5.02. The van der Waals surface area contributed by atoms with Crippen LogP contribution in [0.5, 0.6) is 5.75 Å². The van der Waals surface area contributed by atoms with E-state index in [1.807, 2.05) is 18.2 Å². The summed E-state index contributed by atoms with van der Waals surface area (Å²) in [6, 6.07) is 5.73. The molecule has 0 saturated carbocycles. The van der Waals surface area contributed by atoms with Gasteiger partial charge in [0.2, 0.25) is 0 Å². The Kier molecular flexibility index (Phi) is 5.25. The summed E-state index contributed by atoms with van der Waals surface area (Å²) in [7, 11) is 1.68. The molecule has 0 amide bonds. The van der Waals surface area contributed by atoms with E-state index in [1.54, 1.807) is 18.4 Å². The molecule has 0 unspecified atom stereocenters. The molecule has 2 rings (SSSR count). The summed E-state index contributed by atoms with van der Waals surface area (Å²) in [5.74, 6) is 0.867. The molecular weight excluding hydrogens is 304 g/mol. The molecule has 0 spiro atoms. The van der Waals surface area contributed by atoms with E-state index in [-0.39, 0.29) is 5.41 Å². The fourth-order valence-electron chi connectivity index (χ4n) is 2.32. The molecule has 0 aliphatic heterocycles. The molecule has 3 nitrogen and oxygen atoms in total. The first-order valence-corrected chi connectivity index (χ1v) is 8.19. The molecule has 0 atom stereocenters. The van der Waals surface area contributed by atoms with Gasteiger partial charge < -0.3 is 10.5 Å². The molecule has 1 aromatic carbocycles. The third-order valence-electron chi connectivity index (χ3n) is 3.41. The van der Waals surface area contributed by atoms with Gasteiger partial charge in [0.25, 0.3) is 0 Å². The molecular formula is C16H21ClN2OS. The van der Waals surface area contributed by atoms with E-state index in [0.717, 1.165) is 39.9 Å². The molecule has 21 heavy (non-hydrogen) atoms. The van der Waals surface area contributed by atoms with Crippen LogP contribution in [0.1, 0.15) is 30.1 Å². The highest BCUT2D eigenvalue weighted by molar-refractivity contribution is 7.09. The Bertz CT molecular complexity index is 610. The van der Waals surface area contributed by atoms with Gasteiger partial charge in [-0.1, -0.05) is 25.4 Å². The number of ether oxygens (including phenoxy) is 1. The molecule has 2 aromatic rings. The van der Waals surface area contributed by atoms with Crippen molar-refractivity contribution in [2.75, 3.05) is 13.7 Å². The fraction of sp³-hybridized carbons (Fsp3) is 0.438. The van der Waals surface area contributed by atoms with E-state index >= 15 is 0 Å². The number of rotatable bonds is 6. The molecule has 114 valence electrons. The van der Waals surface area contributed by atoms with Crippen LogP contribution >= 0.6 is 22.9 Å². The zero-order valence-electron chi connectivity index (χ0n) is 12.6. The van der Waals surface area contributed by atoms with Crippen molar-refractivity contribution in [3.63, 3.8) is 0 Å². The van der Waals surface area contributed by atoms with E-state index in [4.69, 9.17) is 27.1 Å². The number of hydrogen-bond donors (Lipinski definition) is 1. The number of nitrogens with zero attached hydrogens (tertiary/aromatic N) is 1. The SMILES string of the molecule is COc1ccc(Cl)cc1CC(C)(C)c1nc(CCN)cs1. The maximum Gasteiger partial charge on any atom is 0.122 e. The van der Waals surface area contributed by atoms with E-state index < -0.39 is 0 Å². The van der Waals surface area contributed by atoms with Crippen molar-refractivity contribution < 1.29 is 4.74 Å². The minimum absolute atomic E-state index is 0.0739. The van der Waals surface area contributed by atoms with Crippen LogP contribution in [0.15, 0.2) is 23.6 Å². The van der Waals surface area contributed by atoms with E-state index in [0.29, 0.717) is 6.54 Å². The zero-order chi connectivity index (χ0) is 15.5. The smallest absolute Gasteiger partial charge is 0.122 e. The predicted molar refractivity (Wildman–Crippen MR) is 89.6 cm³/mol. The lowest BCUT2D eigenvalue weighted by atomic mass is 9.86. The van der Waals surface area contributed by atoms with Crippen molar-refractivity contribution in [1.82, 2.24) is 4.98 Å². The molecule has 1 aromatic heterocycles. The van der Waals surface area contributed by atoms with E-state index in [2.05, 4.69) is 19.2 Å². The van der Waals surface area contributed by atoms with Gasteiger partial charge in [-0.15, -0.1) is 11.3 Å². The molecule has 0 bridgehead atoms. The van der Waals surface area contributed by atoms with Crippen LogP contribution in [0, 0.1) is 0 Å². The molecule has 0 aliphatic rings. The highest BCUT2D eigenvalue weighted by Crippen LogP contribution is 2.34. The first-order valence-electron chi connectivity index (χ1n) is 6.93. The minimum atomic E-state index is -0.0739. The van der Waals surface area contributed by atoms with Gasteiger partial charge >= 0.3 is 0 Å². The third kappa shape index (κ3) is 3.96. The number of thiazole rings is 1. The minimum Gasteiger partial charge on any atom is -0.496 e. The van der Waals surface area contributed by atoms with Crippen molar-refractivity contribution in [2.45, 2.75) is 32.1 Å². The lowest BCUT2D eigenvalue weighted by Crippen LogP contribution is -2.21. The number of benzene rings is 1. The lowest BCUT2D eigenvalue weighted by molar-refractivity contribution is 0.402. The van der Waals surface area contributed by atoms with E-state index in [1.165, 1.54) is 0 Å². The van der Waals surface area contributed by atoms with Crippen molar-refractivity contribution in [3.05, 3.63) is 44.9 Å². The lowest BCUT2D eigenvalue weighted by Gasteiger charge is -2.23. The topological polar surface area (TPSA) is 48.1 Å². The number of aromatic nitrogens is 1. The Morgan fingerprint density at radius 2 is 2.14 bits per heavy atom. The van der Waals surface area contributed by atoms with Gasteiger partial charge in [-0.3, -0.25) is 0 Å². The van der Waals surface area contributed by atoms with Gasteiger partial charge in [-0.25, -0.2) is 4.98 Å². The fourth-order valence-corrected chi connectivity index (χ4v) is 3.49. The molecule has 0 fully saturated rings. The van der Waals surface area contributed by atoms with Crippen LogP contribution in [0.3, 0.4) is 0 Å². The Hall–Kier alpha value is -1.10. The average Bonchev–Trinajstić information content (AvgIpc) is 2.88.